The fourth-order valence-corrected chi connectivity index (χ4v) is 1.20. The van der Waals surface area contributed by atoms with Crippen LogP contribution >= 0.6 is 0 Å². The summed E-state index contributed by atoms with van der Waals surface area (Å²) in [5.41, 5.74) is 0.941. The number of aromatic carboxylic acids is 1. The molecule has 0 heterocycles. The van der Waals surface area contributed by atoms with Crippen molar-refractivity contribution in [3.05, 3.63) is 35.4 Å². The first-order valence-corrected chi connectivity index (χ1v) is 4.87. The number of hydrogen-bond acceptors (Lipinski definition) is 2. The molecule has 5 nitrogen and oxygen atoms in total. The number of carboxylic acid groups (broad SMARTS) is 1. The van der Waals surface area contributed by atoms with E-state index in [0.717, 1.165) is 5.56 Å². The number of carboxylic acids is 1. The van der Waals surface area contributed by atoms with Gasteiger partial charge in [-0.1, -0.05) is 12.1 Å². The molecule has 0 fully saturated rings. The van der Waals surface area contributed by atoms with Gasteiger partial charge in [-0.25, -0.2) is 13.7 Å². The normalized spacial score (nSPS) is 12.4. The van der Waals surface area contributed by atoms with E-state index in [-0.39, 0.29) is 12.1 Å². The molecule has 1 rings (SSSR count). The summed E-state index contributed by atoms with van der Waals surface area (Å²) in [7, 11) is 0. The summed E-state index contributed by atoms with van der Waals surface area (Å²) < 4.78 is 21.0. The first-order valence-electron chi connectivity index (χ1n) is 3.76. The average molecular weight is 215 g/mol. The minimum absolute atomic E-state index is 0.193. The van der Waals surface area contributed by atoms with E-state index in [1.807, 2.05) is 0 Å². The van der Waals surface area contributed by atoms with Crippen LogP contribution in [0.3, 0.4) is 0 Å². The molecule has 0 radical (unpaired) electrons. The van der Waals surface area contributed by atoms with Crippen LogP contribution in [-0.2, 0) is 17.8 Å². The zero-order valence-electron chi connectivity index (χ0n) is 7.14. The van der Waals surface area contributed by atoms with Crippen LogP contribution in [-0.4, -0.2) is 19.8 Å². The fourth-order valence-electron chi connectivity index (χ4n) is 0.910. The van der Waals surface area contributed by atoms with E-state index in [9.17, 15) is 9.00 Å². The quantitative estimate of drug-likeness (QED) is 0.642. The fraction of sp³-hybridized carbons (Fsp3) is 0.125. The highest BCUT2D eigenvalue weighted by molar-refractivity contribution is 7.77. The van der Waals surface area contributed by atoms with E-state index in [1.54, 1.807) is 12.1 Å². The molecule has 0 saturated heterocycles. The standard InChI is InChI=1S/C8H9NO4S/c10-8(11)7-3-1-6(2-4-7)5-9-14(12)13/h1-4,9H,5H2,(H,10,11)(H,12,13). The maximum atomic E-state index is 10.5. The summed E-state index contributed by atoms with van der Waals surface area (Å²) in [4.78, 5) is 10.5. The van der Waals surface area contributed by atoms with Gasteiger partial charge in [0, 0.05) is 6.54 Å². The number of nitrogens with one attached hydrogen (secondary N) is 1. The molecule has 0 aliphatic heterocycles. The van der Waals surface area contributed by atoms with Gasteiger partial charge in [-0.3, -0.25) is 4.55 Å². The van der Waals surface area contributed by atoms with Crippen LogP contribution in [0.2, 0.25) is 0 Å². The Hall–Kier alpha value is -1.24. The number of hydrogen-bond donors (Lipinski definition) is 3. The minimum Gasteiger partial charge on any atom is -0.478 e. The molecule has 1 atom stereocenters. The van der Waals surface area contributed by atoms with Gasteiger partial charge >= 0.3 is 5.97 Å². The Morgan fingerprint density at radius 3 is 2.36 bits per heavy atom. The molecule has 14 heavy (non-hydrogen) atoms. The van der Waals surface area contributed by atoms with Crippen LogP contribution in [0.15, 0.2) is 24.3 Å². The third-order valence-corrected chi connectivity index (χ3v) is 1.99. The second-order valence-corrected chi connectivity index (χ2v) is 3.36. The Morgan fingerprint density at radius 2 is 1.93 bits per heavy atom. The van der Waals surface area contributed by atoms with Crippen LogP contribution in [0.4, 0.5) is 0 Å². The van der Waals surface area contributed by atoms with Crippen molar-refractivity contribution in [1.82, 2.24) is 4.72 Å². The minimum atomic E-state index is -2.05. The third-order valence-electron chi connectivity index (χ3n) is 1.60. The van der Waals surface area contributed by atoms with Crippen molar-refractivity contribution in [1.29, 1.82) is 0 Å². The lowest BCUT2D eigenvalue weighted by atomic mass is 10.1. The highest BCUT2D eigenvalue weighted by Gasteiger charge is 2.01. The topological polar surface area (TPSA) is 86.6 Å². The maximum absolute atomic E-state index is 10.5. The molecular formula is C8H9NO4S. The van der Waals surface area contributed by atoms with E-state index in [2.05, 4.69) is 4.72 Å². The summed E-state index contributed by atoms with van der Waals surface area (Å²) in [6.45, 7) is 0.225. The van der Waals surface area contributed by atoms with Crippen molar-refractivity contribution < 1.29 is 18.7 Å². The van der Waals surface area contributed by atoms with Gasteiger partial charge in [-0.05, 0) is 17.7 Å². The molecule has 1 aromatic carbocycles. The van der Waals surface area contributed by atoms with Crippen LogP contribution in [0.5, 0.6) is 0 Å². The Bertz CT molecular complexity index is 349. The zero-order chi connectivity index (χ0) is 10.6. The molecule has 0 aliphatic carbocycles. The lowest BCUT2D eigenvalue weighted by molar-refractivity contribution is 0.0697. The Balaban J connectivity index is 2.64. The Kier molecular flexibility index (Phi) is 3.75. The summed E-state index contributed by atoms with van der Waals surface area (Å²) >= 11 is -2.05. The molecule has 0 bridgehead atoms. The third kappa shape index (κ3) is 3.25. The number of rotatable bonds is 4. The predicted octanol–water partition coefficient (Wildman–Crippen LogP) is 0.611. The van der Waals surface area contributed by atoms with E-state index in [4.69, 9.17) is 9.66 Å². The summed E-state index contributed by atoms with van der Waals surface area (Å²) in [5, 5.41) is 8.59. The lowest BCUT2D eigenvalue weighted by Crippen LogP contribution is -2.15. The second kappa shape index (κ2) is 4.85. The lowest BCUT2D eigenvalue weighted by Gasteiger charge is -2.00. The summed E-state index contributed by atoms with van der Waals surface area (Å²) in [6.07, 6.45) is 0. The van der Waals surface area contributed by atoms with Crippen molar-refractivity contribution in [3.8, 4) is 0 Å². The smallest absolute Gasteiger partial charge is 0.335 e. The molecule has 6 heteroatoms. The maximum Gasteiger partial charge on any atom is 0.335 e. The first kappa shape index (κ1) is 10.8. The summed E-state index contributed by atoms with van der Waals surface area (Å²) in [6, 6.07) is 6.06. The van der Waals surface area contributed by atoms with Crippen LogP contribution in [0.1, 0.15) is 15.9 Å². The number of benzene rings is 1. The Labute approximate surface area is 83.2 Å². The van der Waals surface area contributed by atoms with Gasteiger partial charge in [0.15, 0.2) is 0 Å². The largest absolute Gasteiger partial charge is 0.478 e. The van der Waals surface area contributed by atoms with Gasteiger partial charge in [0.05, 0.1) is 5.56 Å². The SMILES string of the molecule is O=C(O)c1ccc(CNS(=O)O)cc1. The first-order chi connectivity index (χ1) is 6.59. The average Bonchev–Trinajstić information content (AvgIpc) is 2.15. The van der Waals surface area contributed by atoms with Crippen molar-refractivity contribution in [2.75, 3.05) is 0 Å². The Morgan fingerprint density at radius 1 is 1.36 bits per heavy atom. The number of carbonyl (C=O) groups is 1. The molecule has 0 amide bonds. The molecule has 1 unspecified atom stereocenters. The highest BCUT2D eigenvalue weighted by atomic mass is 32.2. The van der Waals surface area contributed by atoms with Gasteiger partial charge in [0.1, 0.15) is 0 Å². The van der Waals surface area contributed by atoms with Gasteiger partial charge in [-0.2, -0.15) is 0 Å². The van der Waals surface area contributed by atoms with E-state index in [0.29, 0.717) is 0 Å². The highest BCUT2D eigenvalue weighted by Crippen LogP contribution is 2.03. The monoisotopic (exact) mass is 215 g/mol. The van der Waals surface area contributed by atoms with Crippen molar-refractivity contribution in [2.24, 2.45) is 0 Å². The van der Waals surface area contributed by atoms with E-state index < -0.39 is 17.2 Å². The molecule has 0 spiro atoms. The van der Waals surface area contributed by atoms with Crippen molar-refractivity contribution >= 4 is 17.2 Å². The van der Waals surface area contributed by atoms with E-state index in [1.165, 1.54) is 12.1 Å². The second-order valence-electron chi connectivity index (χ2n) is 2.57. The molecule has 1 aromatic rings. The molecule has 0 saturated carbocycles. The molecule has 0 aliphatic rings. The van der Waals surface area contributed by atoms with Crippen molar-refractivity contribution in [2.45, 2.75) is 6.54 Å². The molecule has 0 aromatic heterocycles. The van der Waals surface area contributed by atoms with E-state index >= 15 is 0 Å². The van der Waals surface area contributed by atoms with Gasteiger partial charge < -0.3 is 5.11 Å². The molecular weight excluding hydrogens is 206 g/mol. The summed E-state index contributed by atoms with van der Waals surface area (Å²) in [5.74, 6) is -0.991. The zero-order valence-corrected chi connectivity index (χ0v) is 7.95. The van der Waals surface area contributed by atoms with Crippen LogP contribution in [0, 0.1) is 0 Å². The van der Waals surface area contributed by atoms with Crippen molar-refractivity contribution in [3.63, 3.8) is 0 Å². The van der Waals surface area contributed by atoms with Gasteiger partial charge in [0.2, 0.25) is 11.3 Å². The van der Waals surface area contributed by atoms with Gasteiger partial charge in [-0.15, -0.1) is 0 Å². The molecule has 76 valence electrons. The van der Waals surface area contributed by atoms with Crippen LogP contribution in [0.25, 0.3) is 0 Å². The molecule has 3 N–H and O–H groups in total. The predicted molar refractivity (Wildman–Crippen MR) is 51.0 cm³/mol. The van der Waals surface area contributed by atoms with Gasteiger partial charge in [0.25, 0.3) is 0 Å². The van der Waals surface area contributed by atoms with Crippen LogP contribution < -0.4 is 4.72 Å².